The summed E-state index contributed by atoms with van der Waals surface area (Å²) in [5, 5.41) is 5.61. The van der Waals surface area contributed by atoms with Crippen molar-refractivity contribution in [1.82, 2.24) is 10.6 Å². The van der Waals surface area contributed by atoms with Gasteiger partial charge in [0.2, 0.25) is 5.91 Å². The Balaban J connectivity index is 2.53. The molecule has 3 heteroatoms. The van der Waals surface area contributed by atoms with E-state index < -0.39 is 0 Å². The van der Waals surface area contributed by atoms with Crippen LogP contribution in [0.25, 0.3) is 0 Å². The Hall–Kier alpha value is -0.990. The molecule has 1 heterocycles. The van der Waals surface area contributed by atoms with E-state index in [1.54, 1.807) is 13.2 Å². The Morgan fingerprint density at radius 1 is 1.80 bits per heavy atom. The lowest BCUT2D eigenvalue weighted by Gasteiger charge is -2.11. The molecule has 0 bridgehead atoms. The quantitative estimate of drug-likeness (QED) is 0.538. The minimum Gasteiger partial charge on any atom is -0.391 e. The number of carbonyl (C=O) groups is 1. The highest BCUT2D eigenvalue weighted by Gasteiger charge is 2.08. The van der Waals surface area contributed by atoms with Crippen molar-refractivity contribution in [3.63, 3.8) is 0 Å². The zero-order valence-electron chi connectivity index (χ0n) is 6.11. The van der Waals surface area contributed by atoms with E-state index in [9.17, 15) is 4.79 Å². The van der Waals surface area contributed by atoms with E-state index in [1.165, 1.54) is 0 Å². The maximum Gasteiger partial charge on any atom is 0.248 e. The van der Waals surface area contributed by atoms with Crippen molar-refractivity contribution in [2.75, 3.05) is 13.6 Å². The number of nitrogens with one attached hydrogen (secondary N) is 2. The van der Waals surface area contributed by atoms with Crippen molar-refractivity contribution < 1.29 is 4.79 Å². The summed E-state index contributed by atoms with van der Waals surface area (Å²) in [5.74, 6) is 0.0344. The summed E-state index contributed by atoms with van der Waals surface area (Å²) in [5.41, 5.74) is 0.855. The molecule has 56 valence electrons. The van der Waals surface area contributed by atoms with Crippen LogP contribution in [-0.2, 0) is 4.79 Å². The number of hydrogen-bond acceptors (Lipinski definition) is 2. The van der Waals surface area contributed by atoms with Crippen LogP contribution in [0.4, 0.5) is 0 Å². The molecule has 0 unspecified atom stereocenters. The van der Waals surface area contributed by atoms with Crippen molar-refractivity contribution in [2.24, 2.45) is 0 Å². The molecule has 3 nitrogen and oxygen atoms in total. The van der Waals surface area contributed by atoms with Crippen molar-refractivity contribution in [3.8, 4) is 0 Å². The van der Waals surface area contributed by atoms with Gasteiger partial charge in [0.05, 0.1) is 0 Å². The molecule has 0 aliphatic carbocycles. The lowest BCUT2D eigenvalue weighted by Crippen LogP contribution is -2.25. The van der Waals surface area contributed by atoms with Crippen LogP contribution in [0.3, 0.4) is 0 Å². The van der Waals surface area contributed by atoms with Gasteiger partial charge in [-0.3, -0.25) is 4.79 Å². The van der Waals surface area contributed by atoms with Gasteiger partial charge in [0.1, 0.15) is 0 Å². The van der Waals surface area contributed by atoms with Crippen LogP contribution in [0.5, 0.6) is 0 Å². The summed E-state index contributed by atoms with van der Waals surface area (Å²) in [6, 6.07) is 0. The average Bonchev–Trinajstić information content (AvgIpc) is 2.05. The number of rotatable bonds is 1. The Morgan fingerprint density at radius 2 is 2.60 bits per heavy atom. The van der Waals surface area contributed by atoms with Gasteiger partial charge in [0.25, 0.3) is 0 Å². The normalized spacial score (nSPS) is 17.1. The van der Waals surface area contributed by atoms with Gasteiger partial charge in [0, 0.05) is 25.4 Å². The van der Waals surface area contributed by atoms with Crippen LogP contribution < -0.4 is 10.6 Å². The second kappa shape index (κ2) is 3.25. The molecule has 0 spiro atoms. The zero-order valence-corrected chi connectivity index (χ0v) is 6.11. The van der Waals surface area contributed by atoms with Crippen LogP contribution in [0, 0.1) is 0 Å². The monoisotopic (exact) mass is 140 g/mol. The lowest BCUT2D eigenvalue weighted by atomic mass is 10.1. The second-order valence-electron chi connectivity index (χ2n) is 2.31. The average molecular weight is 140 g/mol. The largest absolute Gasteiger partial charge is 0.391 e. The molecule has 0 saturated carbocycles. The van der Waals surface area contributed by atoms with Crippen LogP contribution in [0.2, 0.25) is 0 Å². The summed E-state index contributed by atoms with van der Waals surface area (Å²) in [6.07, 6.45) is 3.74. The van der Waals surface area contributed by atoms with Gasteiger partial charge in [0.15, 0.2) is 0 Å². The fraction of sp³-hybridized carbons (Fsp3) is 0.571. The Morgan fingerprint density at radius 3 is 3.10 bits per heavy atom. The van der Waals surface area contributed by atoms with Gasteiger partial charge in [-0.15, -0.1) is 0 Å². The lowest BCUT2D eigenvalue weighted by molar-refractivity contribution is -0.117. The number of hydrogen-bond donors (Lipinski definition) is 2. The number of likely N-dealkylation sites (N-methyl/N-ethyl adjacent to an activating group) is 1. The molecule has 10 heavy (non-hydrogen) atoms. The first kappa shape index (κ1) is 7.12. The van der Waals surface area contributed by atoms with Gasteiger partial charge >= 0.3 is 0 Å². The summed E-state index contributed by atoms with van der Waals surface area (Å²) in [4.78, 5) is 10.9. The van der Waals surface area contributed by atoms with Gasteiger partial charge in [-0.1, -0.05) is 0 Å². The molecule has 0 radical (unpaired) electrons. The molecule has 0 fully saturated rings. The van der Waals surface area contributed by atoms with Crippen molar-refractivity contribution >= 4 is 5.91 Å². The molecule has 0 atom stereocenters. The van der Waals surface area contributed by atoms with Gasteiger partial charge < -0.3 is 10.6 Å². The third kappa shape index (κ3) is 1.50. The first-order valence-corrected chi connectivity index (χ1v) is 3.49. The Kier molecular flexibility index (Phi) is 2.31. The summed E-state index contributed by atoms with van der Waals surface area (Å²) < 4.78 is 0. The summed E-state index contributed by atoms with van der Waals surface area (Å²) in [7, 11) is 1.65. The zero-order chi connectivity index (χ0) is 7.40. The van der Waals surface area contributed by atoms with Crippen molar-refractivity contribution in [3.05, 3.63) is 11.8 Å². The Bertz CT molecular complexity index is 163. The molecule has 1 rings (SSSR count). The fourth-order valence-corrected chi connectivity index (χ4v) is 0.988. The van der Waals surface area contributed by atoms with Crippen LogP contribution >= 0.6 is 0 Å². The molecule has 0 saturated heterocycles. The number of amides is 1. The molecule has 1 aliphatic rings. The molecule has 2 N–H and O–H groups in total. The molecular weight excluding hydrogens is 128 g/mol. The first-order chi connectivity index (χ1) is 4.84. The molecule has 1 amide bonds. The highest BCUT2D eigenvalue weighted by molar-refractivity contribution is 5.93. The standard InChI is InChI=1S/C7H12N2O/c1-8-7(10)6-3-2-4-9-5-6/h5,9H,2-4H2,1H3,(H,8,10). The first-order valence-electron chi connectivity index (χ1n) is 3.49. The van der Waals surface area contributed by atoms with E-state index in [0.29, 0.717) is 0 Å². The highest BCUT2D eigenvalue weighted by Crippen LogP contribution is 2.06. The van der Waals surface area contributed by atoms with Crippen molar-refractivity contribution in [1.29, 1.82) is 0 Å². The molecule has 0 aromatic carbocycles. The smallest absolute Gasteiger partial charge is 0.248 e. The third-order valence-electron chi connectivity index (χ3n) is 1.56. The summed E-state index contributed by atoms with van der Waals surface area (Å²) in [6.45, 7) is 0.987. The van der Waals surface area contributed by atoms with Gasteiger partial charge in [-0.05, 0) is 12.8 Å². The molecular formula is C7H12N2O. The number of carbonyl (C=O) groups excluding carboxylic acids is 1. The second-order valence-corrected chi connectivity index (χ2v) is 2.31. The van der Waals surface area contributed by atoms with E-state index in [1.807, 2.05) is 0 Å². The maximum absolute atomic E-state index is 10.9. The van der Waals surface area contributed by atoms with Gasteiger partial charge in [-0.25, -0.2) is 0 Å². The van der Waals surface area contributed by atoms with E-state index in [4.69, 9.17) is 0 Å². The maximum atomic E-state index is 10.9. The summed E-state index contributed by atoms with van der Waals surface area (Å²) >= 11 is 0. The van der Waals surface area contributed by atoms with E-state index in [0.717, 1.165) is 25.0 Å². The molecule has 0 aromatic rings. The van der Waals surface area contributed by atoms with Crippen LogP contribution in [-0.4, -0.2) is 19.5 Å². The topological polar surface area (TPSA) is 41.1 Å². The molecule has 1 aliphatic heterocycles. The Labute approximate surface area is 60.5 Å². The van der Waals surface area contributed by atoms with E-state index in [-0.39, 0.29) is 5.91 Å². The van der Waals surface area contributed by atoms with Crippen molar-refractivity contribution in [2.45, 2.75) is 12.8 Å². The van der Waals surface area contributed by atoms with E-state index >= 15 is 0 Å². The predicted octanol–water partition coefficient (Wildman–Crippen LogP) is -0.000300. The fourth-order valence-electron chi connectivity index (χ4n) is 0.988. The van der Waals surface area contributed by atoms with E-state index in [2.05, 4.69) is 10.6 Å². The highest BCUT2D eigenvalue weighted by atomic mass is 16.1. The SMILES string of the molecule is CNC(=O)C1=CNCCC1. The van der Waals surface area contributed by atoms with Crippen LogP contribution in [0.1, 0.15) is 12.8 Å². The van der Waals surface area contributed by atoms with Gasteiger partial charge in [-0.2, -0.15) is 0 Å². The predicted molar refractivity (Wildman–Crippen MR) is 39.4 cm³/mol. The molecule has 0 aromatic heterocycles. The van der Waals surface area contributed by atoms with Crippen LogP contribution in [0.15, 0.2) is 11.8 Å². The minimum absolute atomic E-state index is 0.0344. The minimum atomic E-state index is 0.0344. The third-order valence-corrected chi connectivity index (χ3v) is 1.56.